The summed E-state index contributed by atoms with van der Waals surface area (Å²) in [4.78, 5) is 25.8. The fourth-order valence-corrected chi connectivity index (χ4v) is 4.91. The van der Waals surface area contributed by atoms with Crippen LogP contribution in [-0.2, 0) is 10.2 Å². The fourth-order valence-electron chi connectivity index (χ4n) is 4.91. The van der Waals surface area contributed by atoms with Crippen LogP contribution in [0.25, 0.3) is 21.9 Å². The Hall–Kier alpha value is -4.99. The second kappa shape index (κ2) is 11.2. The topological polar surface area (TPSA) is 92.4 Å². The minimum Gasteiger partial charge on any atom is -0.369 e. The highest BCUT2D eigenvalue weighted by molar-refractivity contribution is 6.01. The quantitative estimate of drug-likeness (QED) is 0.247. The molecule has 6 nitrogen and oxygen atoms in total. The molecule has 5 rings (SSSR count). The molecule has 0 saturated carbocycles. The third-order valence-corrected chi connectivity index (χ3v) is 7.19. The van der Waals surface area contributed by atoms with E-state index in [1.54, 1.807) is 25.1 Å². The summed E-state index contributed by atoms with van der Waals surface area (Å²) in [5, 5.41) is 19.4. The molecule has 1 aromatic heterocycles. The maximum atomic E-state index is 13.7. The Balaban J connectivity index is 1.48. The SMILES string of the molecule is Cc1noc(=O)c2ccc(NC(=O)C(O)(C#Cc3ccc(-c4ccccc4)cc3)CC(C)(C)c3ccccc3)cc12. The maximum absolute atomic E-state index is 13.7. The van der Waals surface area contributed by atoms with Gasteiger partial charge in [-0.25, -0.2) is 4.79 Å². The van der Waals surface area contributed by atoms with E-state index in [0.717, 1.165) is 16.7 Å². The first-order valence-electron chi connectivity index (χ1n) is 13.3. The van der Waals surface area contributed by atoms with Gasteiger partial charge < -0.3 is 14.9 Å². The molecule has 0 aliphatic rings. The number of fused-ring (bicyclic) bond motifs is 1. The van der Waals surface area contributed by atoms with Crippen molar-refractivity contribution in [1.82, 2.24) is 5.16 Å². The zero-order valence-corrected chi connectivity index (χ0v) is 23.1. The Morgan fingerprint density at radius 3 is 2.20 bits per heavy atom. The number of hydrogen-bond acceptors (Lipinski definition) is 5. The molecule has 0 fully saturated rings. The summed E-state index contributed by atoms with van der Waals surface area (Å²) < 4.78 is 4.80. The standard InChI is InChI=1S/C35H30N2O4/c1-24-31-22-29(18-19-30(31)32(38)41-37-24)36-33(39)35(40,23-34(2,3)28-12-8-5-9-13-28)21-20-25-14-16-27(17-15-25)26-10-6-4-7-11-26/h4-19,22,40H,23H2,1-3H3,(H,36,39). The zero-order valence-electron chi connectivity index (χ0n) is 23.1. The Morgan fingerprint density at radius 2 is 1.51 bits per heavy atom. The molecule has 5 aromatic rings. The molecule has 0 saturated heterocycles. The van der Waals surface area contributed by atoms with Gasteiger partial charge in [0.1, 0.15) is 0 Å². The molecule has 0 aliphatic heterocycles. The van der Waals surface area contributed by atoms with Crippen LogP contribution >= 0.6 is 0 Å². The highest BCUT2D eigenvalue weighted by Crippen LogP contribution is 2.33. The highest BCUT2D eigenvalue weighted by atomic mass is 16.5. The molecular formula is C35H30N2O4. The van der Waals surface area contributed by atoms with Crippen molar-refractivity contribution in [3.8, 4) is 23.0 Å². The van der Waals surface area contributed by atoms with Crippen LogP contribution in [0.5, 0.6) is 0 Å². The van der Waals surface area contributed by atoms with E-state index in [1.807, 2.05) is 98.8 Å². The van der Waals surface area contributed by atoms with Gasteiger partial charge in [-0.1, -0.05) is 104 Å². The Bertz CT molecular complexity index is 1820. The summed E-state index contributed by atoms with van der Waals surface area (Å²) >= 11 is 0. The number of benzene rings is 4. The van der Waals surface area contributed by atoms with Gasteiger partial charge in [-0.05, 0) is 59.4 Å². The lowest BCUT2D eigenvalue weighted by atomic mass is 9.75. The van der Waals surface area contributed by atoms with E-state index in [-0.39, 0.29) is 6.42 Å². The third-order valence-electron chi connectivity index (χ3n) is 7.19. The van der Waals surface area contributed by atoms with Gasteiger partial charge in [-0.2, -0.15) is 0 Å². The van der Waals surface area contributed by atoms with Crippen LogP contribution in [-0.4, -0.2) is 21.8 Å². The second-order valence-electron chi connectivity index (χ2n) is 10.8. The van der Waals surface area contributed by atoms with Crippen LogP contribution in [0.15, 0.2) is 112 Å². The second-order valence-corrected chi connectivity index (χ2v) is 10.8. The summed E-state index contributed by atoms with van der Waals surface area (Å²) in [7, 11) is 0. The number of anilines is 1. The number of aryl methyl sites for hydroxylation is 1. The van der Waals surface area contributed by atoms with E-state index in [9.17, 15) is 14.7 Å². The van der Waals surface area contributed by atoms with Crippen molar-refractivity contribution in [1.29, 1.82) is 0 Å². The molecule has 41 heavy (non-hydrogen) atoms. The van der Waals surface area contributed by atoms with E-state index in [2.05, 4.69) is 22.3 Å². The zero-order chi connectivity index (χ0) is 29.0. The number of nitrogens with one attached hydrogen (secondary N) is 1. The molecule has 0 spiro atoms. The number of amides is 1. The number of aromatic nitrogens is 1. The Labute approximate surface area is 238 Å². The summed E-state index contributed by atoms with van der Waals surface area (Å²) in [5.41, 5.74) is 1.52. The monoisotopic (exact) mass is 542 g/mol. The van der Waals surface area contributed by atoms with Gasteiger partial charge in [0.25, 0.3) is 5.91 Å². The van der Waals surface area contributed by atoms with Gasteiger partial charge in [0, 0.05) is 23.1 Å². The molecule has 0 aliphatic carbocycles. The molecule has 0 bridgehead atoms. The fraction of sp³-hybridized carbons (Fsp3) is 0.171. The van der Waals surface area contributed by atoms with Crippen LogP contribution in [0, 0.1) is 18.8 Å². The molecule has 6 heteroatoms. The van der Waals surface area contributed by atoms with Crippen molar-refractivity contribution < 1.29 is 14.4 Å². The van der Waals surface area contributed by atoms with Crippen LogP contribution in [0.1, 0.15) is 37.1 Å². The average molecular weight is 543 g/mol. The number of carbonyl (C=O) groups excluding carboxylic acids is 1. The largest absolute Gasteiger partial charge is 0.369 e. The van der Waals surface area contributed by atoms with Crippen LogP contribution in [0.3, 0.4) is 0 Å². The van der Waals surface area contributed by atoms with Gasteiger partial charge in [-0.15, -0.1) is 0 Å². The first-order chi connectivity index (χ1) is 19.6. The summed E-state index contributed by atoms with van der Waals surface area (Å²) in [6, 6.07) is 32.2. The van der Waals surface area contributed by atoms with Crippen molar-refractivity contribution in [2.24, 2.45) is 0 Å². The summed E-state index contributed by atoms with van der Waals surface area (Å²) in [6.07, 6.45) is 0.0443. The molecule has 1 atom stereocenters. The van der Waals surface area contributed by atoms with Crippen molar-refractivity contribution in [2.45, 2.75) is 38.2 Å². The van der Waals surface area contributed by atoms with Gasteiger partial charge in [0.2, 0.25) is 5.60 Å². The number of rotatable bonds is 6. The number of carbonyl (C=O) groups is 1. The summed E-state index contributed by atoms with van der Waals surface area (Å²) in [6.45, 7) is 5.66. The van der Waals surface area contributed by atoms with Crippen molar-refractivity contribution in [3.63, 3.8) is 0 Å². The number of nitrogens with zero attached hydrogens (tertiary/aromatic N) is 1. The molecule has 1 unspecified atom stereocenters. The predicted octanol–water partition coefficient (Wildman–Crippen LogP) is 6.25. The van der Waals surface area contributed by atoms with E-state index in [0.29, 0.717) is 27.7 Å². The molecule has 1 heterocycles. The lowest BCUT2D eigenvalue weighted by Crippen LogP contribution is -2.46. The number of hydrogen-bond donors (Lipinski definition) is 2. The average Bonchev–Trinajstić information content (AvgIpc) is 2.99. The molecule has 1 amide bonds. The Morgan fingerprint density at radius 1 is 0.878 bits per heavy atom. The minimum absolute atomic E-state index is 0.0443. The van der Waals surface area contributed by atoms with E-state index >= 15 is 0 Å². The Kier molecular flexibility index (Phi) is 7.56. The number of aliphatic hydroxyl groups is 1. The third kappa shape index (κ3) is 6.11. The normalized spacial score (nSPS) is 12.7. The van der Waals surface area contributed by atoms with Crippen LogP contribution in [0.4, 0.5) is 5.69 Å². The van der Waals surface area contributed by atoms with E-state index in [4.69, 9.17) is 4.52 Å². The predicted molar refractivity (Wildman–Crippen MR) is 161 cm³/mol. The van der Waals surface area contributed by atoms with Crippen LogP contribution in [0.2, 0.25) is 0 Å². The summed E-state index contributed by atoms with van der Waals surface area (Å²) in [5.74, 6) is 5.25. The van der Waals surface area contributed by atoms with Gasteiger partial charge in [-0.3, -0.25) is 4.79 Å². The van der Waals surface area contributed by atoms with Gasteiger partial charge in [0.05, 0.1) is 11.1 Å². The van der Waals surface area contributed by atoms with E-state index in [1.165, 1.54) is 0 Å². The first kappa shape index (κ1) is 27.6. The molecule has 2 N–H and O–H groups in total. The maximum Gasteiger partial charge on any atom is 0.366 e. The van der Waals surface area contributed by atoms with Crippen molar-refractivity contribution in [2.75, 3.05) is 5.32 Å². The molecular weight excluding hydrogens is 512 g/mol. The van der Waals surface area contributed by atoms with Gasteiger partial charge in [0.15, 0.2) is 0 Å². The van der Waals surface area contributed by atoms with Gasteiger partial charge >= 0.3 is 5.63 Å². The first-order valence-corrected chi connectivity index (χ1v) is 13.3. The molecule has 0 radical (unpaired) electrons. The van der Waals surface area contributed by atoms with E-state index < -0.39 is 22.5 Å². The highest BCUT2D eigenvalue weighted by Gasteiger charge is 2.41. The smallest absolute Gasteiger partial charge is 0.366 e. The lowest BCUT2D eigenvalue weighted by molar-refractivity contribution is -0.130. The minimum atomic E-state index is -2.03. The molecule has 204 valence electrons. The molecule has 4 aromatic carbocycles. The van der Waals surface area contributed by atoms with Crippen molar-refractivity contribution in [3.05, 3.63) is 130 Å². The van der Waals surface area contributed by atoms with Crippen LogP contribution < -0.4 is 10.9 Å². The van der Waals surface area contributed by atoms with Crippen molar-refractivity contribution >= 4 is 22.4 Å². The lowest BCUT2D eigenvalue weighted by Gasteiger charge is -2.32.